The SMILES string of the molecule is CC(C)(C)c1ccc(N2c3ccc(C(C)(C)C)cc3B3c4cc5ccn(-c6ccccc6)c5cc4N(c4ccc5ccn(-c6ccccc6)c5c4)c4cc(Oc5ccccc5)cc2c43)cc1. The lowest BCUT2D eigenvalue weighted by Crippen LogP contribution is -2.61. The van der Waals surface area contributed by atoms with E-state index in [0.29, 0.717) is 0 Å². The molecule has 0 atom stereocenters. The van der Waals surface area contributed by atoms with E-state index in [1.165, 1.54) is 44.0 Å². The van der Waals surface area contributed by atoms with E-state index in [1.54, 1.807) is 0 Å². The normalized spacial score (nSPS) is 13.2. The average molecular weight is 855 g/mol. The maximum absolute atomic E-state index is 6.93. The summed E-state index contributed by atoms with van der Waals surface area (Å²) in [7, 11) is 0. The molecular weight excluding hydrogens is 803 g/mol. The highest BCUT2D eigenvalue weighted by atomic mass is 16.5. The molecule has 10 aromatic rings. The molecular formula is C60H51BN4O. The zero-order valence-corrected chi connectivity index (χ0v) is 38.3. The molecule has 0 unspecified atom stereocenters. The van der Waals surface area contributed by atoms with Gasteiger partial charge in [0, 0.05) is 75.4 Å². The van der Waals surface area contributed by atoms with Crippen molar-refractivity contribution >= 4 is 79.0 Å². The van der Waals surface area contributed by atoms with E-state index in [0.717, 1.165) is 62.3 Å². The Bertz CT molecular complexity index is 3470. The number of fused-ring (bicyclic) bond motifs is 6. The van der Waals surface area contributed by atoms with Crippen molar-refractivity contribution in [1.82, 2.24) is 9.13 Å². The molecule has 2 aliphatic rings. The largest absolute Gasteiger partial charge is 0.457 e. The van der Waals surface area contributed by atoms with E-state index in [-0.39, 0.29) is 17.5 Å². The lowest BCUT2D eigenvalue weighted by atomic mass is 9.33. The first-order valence-electron chi connectivity index (χ1n) is 23.1. The lowest BCUT2D eigenvalue weighted by Gasteiger charge is -2.44. The fraction of sp³-hybridized carbons (Fsp3) is 0.133. The molecule has 0 spiro atoms. The van der Waals surface area contributed by atoms with E-state index < -0.39 is 0 Å². The molecule has 320 valence electrons. The molecule has 2 aliphatic heterocycles. The van der Waals surface area contributed by atoms with Crippen LogP contribution in [0.4, 0.5) is 34.1 Å². The van der Waals surface area contributed by atoms with Crippen molar-refractivity contribution in [2.75, 3.05) is 9.80 Å². The van der Waals surface area contributed by atoms with Crippen molar-refractivity contribution in [2.45, 2.75) is 52.4 Å². The molecule has 0 fully saturated rings. The molecule has 4 heterocycles. The Balaban J connectivity index is 1.19. The minimum Gasteiger partial charge on any atom is -0.457 e. The highest BCUT2D eigenvalue weighted by Crippen LogP contribution is 2.48. The van der Waals surface area contributed by atoms with Gasteiger partial charge in [-0.1, -0.05) is 133 Å². The number of benzene rings is 8. The first-order valence-corrected chi connectivity index (χ1v) is 23.1. The van der Waals surface area contributed by atoms with Crippen LogP contribution in [0.15, 0.2) is 200 Å². The fourth-order valence-electron chi connectivity index (χ4n) is 10.3. The maximum atomic E-state index is 6.93. The van der Waals surface area contributed by atoms with Crippen molar-refractivity contribution < 1.29 is 4.74 Å². The number of hydrogen-bond acceptors (Lipinski definition) is 3. The topological polar surface area (TPSA) is 25.6 Å². The zero-order chi connectivity index (χ0) is 44.9. The van der Waals surface area contributed by atoms with E-state index >= 15 is 0 Å². The second-order valence-electron chi connectivity index (χ2n) is 20.0. The Morgan fingerprint density at radius 2 is 0.909 bits per heavy atom. The third-order valence-corrected chi connectivity index (χ3v) is 13.7. The van der Waals surface area contributed by atoms with Gasteiger partial charge in [-0.05, 0) is 129 Å². The fourth-order valence-corrected chi connectivity index (χ4v) is 10.3. The van der Waals surface area contributed by atoms with Gasteiger partial charge in [0.1, 0.15) is 11.5 Å². The summed E-state index contributed by atoms with van der Waals surface area (Å²) in [5.41, 5.74) is 17.6. The minimum atomic E-state index is -0.0733. The Morgan fingerprint density at radius 3 is 1.53 bits per heavy atom. The molecule has 12 rings (SSSR count). The summed E-state index contributed by atoms with van der Waals surface area (Å²) in [6.07, 6.45) is 4.40. The average Bonchev–Trinajstić information content (AvgIpc) is 3.95. The van der Waals surface area contributed by atoms with Gasteiger partial charge >= 0.3 is 0 Å². The van der Waals surface area contributed by atoms with Crippen LogP contribution in [0.25, 0.3) is 33.2 Å². The Kier molecular flexibility index (Phi) is 9.02. The number of hydrogen-bond donors (Lipinski definition) is 0. The number of nitrogens with zero attached hydrogens (tertiary/aromatic N) is 4. The Hall–Kier alpha value is -7.70. The number of anilines is 6. The molecule has 66 heavy (non-hydrogen) atoms. The third kappa shape index (κ3) is 6.54. The molecule has 8 aromatic carbocycles. The minimum absolute atomic E-state index is 0.0180. The molecule has 0 amide bonds. The highest BCUT2D eigenvalue weighted by Gasteiger charge is 2.44. The van der Waals surface area contributed by atoms with Crippen LogP contribution in [-0.4, -0.2) is 15.8 Å². The van der Waals surface area contributed by atoms with Crippen LogP contribution in [0.3, 0.4) is 0 Å². The van der Waals surface area contributed by atoms with Gasteiger partial charge in [-0.3, -0.25) is 0 Å². The van der Waals surface area contributed by atoms with Gasteiger partial charge in [-0.25, -0.2) is 0 Å². The molecule has 0 bridgehead atoms. The summed E-state index contributed by atoms with van der Waals surface area (Å²) in [6, 6.07) is 68.7. The maximum Gasteiger partial charge on any atom is 0.252 e. The monoisotopic (exact) mass is 854 g/mol. The predicted octanol–water partition coefficient (Wildman–Crippen LogP) is 14.0. The van der Waals surface area contributed by atoms with E-state index in [9.17, 15) is 0 Å². The summed E-state index contributed by atoms with van der Waals surface area (Å²) >= 11 is 0. The van der Waals surface area contributed by atoms with Crippen LogP contribution in [0.2, 0.25) is 0 Å². The molecule has 0 radical (unpaired) electrons. The van der Waals surface area contributed by atoms with Crippen molar-refractivity contribution in [3.05, 3.63) is 212 Å². The van der Waals surface area contributed by atoms with Crippen molar-refractivity contribution in [3.8, 4) is 22.9 Å². The molecule has 0 saturated carbocycles. The summed E-state index contributed by atoms with van der Waals surface area (Å²) < 4.78 is 11.5. The number of para-hydroxylation sites is 3. The van der Waals surface area contributed by atoms with Gasteiger partial charge in [0.2, 0.25) is 0 Å². The first-order chi connectivity index (χ1) is 32.0. The predicted molar refractivity (Wildman–Crippen MR) is 278 cm³/mol. The third-order valence-electron chi connectivity index (χ3n) is 13.7. The summed E-state index contributed by atoms with van der Waals surface area (Å²) in [6.45, 7) is 13.7. The van der Waals surface area contributed by atoms with E-state index in [2.05, 4.69) is 231 Å². The summed E-state index contributed by atoms with van der Waals surface area (Å²) in [4.78, 5) is 4.99. The van der Waals surface area contributed by atoms with Crippen LogP contribution >= 0.6 is 0 Å². The Labute approximate surface area is 387 Å². The molecule has 6 heteroatoms. The molecule has 0 N–H and O–H groups in total. The van der Waals surface area contributed by atoms with Crippen molar-refractivity contribution in [2.24, 2.45) is 0 Å². The smallest absolute Gasteiger partial charge is 0.252 e. The molecule has 0 aliphatic carbocycles. The van der Waals surface area contributed by atoms with Gasteiger partial charge < -0.3 is 23.7 Å². The summed E-state index contributed by atoms with van der Waals surface area (Å²) in [5.74, 6) is 1.57. The number of rotatable bonds is 6. The quantitative estimate of drug-likeness (QED) is 0.156. The van der Waals surface area contributed by atoms with Gasteiger partial charge in [0.05, 0.1) is 11.0 Å². The van der Waals surface area contributed by atoms with Crippen LogP contribution in [-0.2, 0) is 10.8 Å². The van der Waals surface area contributed by atoms with Crippen LogP contribution < -0.4 is 30.9 Å². The number of aromatic nitrogens is 2. The Morgan fingerprint density at radius 1 is 0.379 bits per heavy atom. The molecule has 5 nitrogen and oxygen atoms in total. The molecule has 2 aromatic heterocycles. The second kappa shape index (κ2) is 14.9. The van der Waals surface area contributed by atoms with E-state index in [4.69, 9.17) is 4.74 Å². The number of ether oxygens (including phenoxy) is 1. The van der Waals surface area contributed by atoms with Gasteiger partial charge in [-0.2, -0.15) is 0 Å². The van der Waals surface area contributed by atoms with Crippen LogP contribution in [0.1, 0.15) is 52.7 Å². The molecule has 0 saturated heterocycles. The van der Waals surface area contributed by atoms with E-state index in [1.807, 2.05) is 30.3 Å². The second-order valence-corrected chi connectivity index (χ2v) is 20.0. The van der Waals surface area contributed by atoms with Crippen LogP contribution in [0, 0.1) is 0 Å². The van der Waals surface area contributed by atoms with Gasteiger partial charge in [0.15, 0.2) is 0 Å². The first kappa shape index (κ1) is 39.9. The van der Waals surface area contributed by atoms with Crippen molar-refractivity contribution in [1.29, 1.82) is 0 Å². The summed E-state index contributed by atoms with van der Waals surface area (Å²) in [5, 5.41) is 2.39. The standard InChI is InChI=1S/C60H51BN4O/c1-59(2,3)42-23-27-46(28-24-42)64-52-29-25-43(60(4,5)6)35-51(52)61-50-34-41-31-33-63(45-18-12-8-13-19-45)54(41)39-55(50)65(57-38-49(37-56(64)58(57)61)66-48-20-14-9-15-21-48)47-26-22-40-30-32-62(53(40)36-47)44-16-10-7-11-17-44/h7-39H,1-6H3. The van der Waals surface area contributed by atoms with Crippen LogP contribution in [0.5, 0.6) is 11.5 Å². The highest BCUT2D eigenvalue weighted by molar-refractivity contribution is 7.00. The van der Waals surface area contributed by atoms with Gasteiger partial charge in [-0.15, -0.1) is 0 Å². The lowest BCUT2D eigenvalue weighted by molar-refractivity contribution is 0.483. The zero-order valence-electron chi connectivity index (χ0n) is 38.3. The van der Waals surface area contributed by atoms with Gasteiger partial charge in [0.25, 0.3) is 6.71 Å². The van der Waals surface area contributed by atoms with Crippen molar-refractivity contribution in [3.63, 3.8) is 0 Å².